The van der Waals surface area contributed by atoms with Gasteiger partial charge in [0.1, 0.15) is 0 Å². The van der Waals surface area contributed by atoms with Crippen LogP contribution < -0.4 is 0 Å². The summed E-state index contributed by atoms with van der Waals surface area (Å²) in [6, 6.07) is 53.1. The average Bonchev–Trinajstić information content (AvgIpc) is 3.22. The van der Waals surface area contributed by atoms with Gasteiger partial charge in [-0.15, -0.1) is 0 Å². The molecule has 7 heteroatoms. The summed E-state index contributed by atoms with van der Waals surface area (Å²) in [7, 11) is 0. The van der Waals surface area contributed by atoms with Crippen molar-refractivity contribution < 1.29 is 0 Å². The Hall–Kier alpha value is -6.31. The van der Waals surface area contributed by atoms with Gasteiger partial charge in [-0.2, -0.15) is 0 Å². The predicted molar refractivity (Wildman–Crippen MR) is 218 cm³/mol. The predicted octanol–water partition coefficient (Wildman–Crippen LogP) is 10.8. The quantitative estimate of drug-likeness (QED) is 0.122. The molecule has 7 aromatic rings. The molecule has 256 valence electrons. The molecule has 1 aliphatic rings. The summed E-state index contributed by atoms with van der Waals surface area (Å²) in [6.07, 6.45) is 0. The van der Waals surface area contributed by atoms with Gasteiger partial charge >= 0.3 is 0 Å². The molecular weight excluding hydrogens is 669 g/mol. The molecule has 0 saturated heterocycles. The van der Waals surface area contributed by atoms with Gasteiger partial charge in [-0.05, 0) is 35.5 Å². The number of hydrogen-bond acceptors (Lipinski definition) is 5. The van der Waals surface area contributed by atoms with Crippen LogP contribution >= 0.6 is 11.8 Å². The van der Waals surface area contributed by atoms with Crippen LogP contribution in [-0.4, -0.2) is 33.3 Å². The Morgan fingerprint density at radius 1 is 0.566 bits per heavy atom. The third-order valence-electron chi connectivity index (χ3n) is 9.41. The lowest BCUT2D eigenvalue weighted by Gasteiger charge is -2.35. The third-order valence-corrected chi connectivity index (χ3v) is 10.7. The Morgan fingerprint density at radius 2 is 1.09 bits per heavy atom. The molecule has 0 amide bonds. The number of nitrogens with zero attached hydrogens (tertiary/aromatic N) is 6. The lowest BCUT2D eigenvalue weighted by Crippen LogP contribution is -2.24. The van der Waals surface area contributed by atoms with Crippen LogP contribution in [0.5, 0.6) is 0 Å². The second-order valence-corrected chi connectivity index (χ2v) is 14.3. The van der Waals surface area contributed by atoms with Gasteiger partial charge in [0.05, 0.1) is 6.54 Å². The molecule has 0 saturated carbocycles. The van der Waals surface area contributed by atoms with E-state index in [4.69, 9.17) is 24.9 Å². The smallest absolute Gasteiger partial charge is 0.164 e. The zero-order valence-corrected chi connectivity index (χ0v) is 30.3. The molecule has 6 aromatic carbocycles. The molecule has 2 heterocycles. The summed E-state index contributed by atoms with van der Waals surface area (Å²) in [4.78, 5) is 32.0. The number of amidine groups is 2. The standard InChI is InChI=1S/C46H36N6S/c1-46(2)37-26-13-14-28-39(37)53-40-36(25-16-27-38(40)46)30-48-42(49-41(47-3)31-17-7-4-8-18-31)34-23-15-24-35(29-34)45-51-43(32-19-9-5-10-20-32)50-44(52-45)33-21-11-6-12-22-33/h4-29H,3,30H2,1-2H3/b48-42-,49-41-. The first kappa shape index (κ1) is 33.8. The first-order chi connectivity index (χ1) is 26.0. The van der Waals surface area contributed by atoms with E-state index in [2.05, 4.69) is 68.0 Å². The van der Waals surface area contributed by atoms with Crippen LogP contribution in [0.4, 0.5) is 0 Å². The van der Waals surface area contributed by atoms with E-state index in [9.17, 15) is 0 Å². The maximum atomic E-state index is 5.23. The monoisotopic (exact) mass is 704 g/mol. The van der Waals surface area contributed by atoms with Gasteiger partial charge in [0, 0.05) is 43.0 Å². The highest BCUT2D eigenvalue weighted by atomic mass is 32.2. The third kappa shape index (κ3) is 6.99. The van der Waals surface area contributed by atoms with Gasteiger partial charge in [0.2, 0.25) is 0 Å². The molecule has 0 radical (unpaired) electrons. The number of fused-ring (bicyclic) bond motifs is 2. The normalized spacial score (nSPS) is 13.5. The minimum absolute atomic E-state index is 0.138. The lowest BCUT2D eigenvalue weighted by atomic mass is 9.77. The fourth-order valence-corrected chi connectivity index (χ4v) is 8.11. The highest BCUT2D eigenvalue weighted by molar-refractivity contribution is 7.99. The minimum atomic E-state index is -0.138. The Bertz CT molecular complexity index is 2430. The van der Waals surface area contributed by atoms with Crippen LogP contribution in [0, 0.1) is 0 Å². The summed E-state index contributed by atoms with van der Waals surface area (Å²) in [5.74, 6) is 2.79. The molecule has 0 spiro atoms. The van der Waals surface area contributed by atoms with Gasteiger partial charge in [-0.1, -0.05) is 171 Å². The molecular formula is C46H36N6S. The van der Waals surface area contributed by atoms with Gasteiger partial charge in [0.15, 0.2) is 29.1 Å². The first-order valence-electron chi connectivity index (χ1n) is 17.5. The van der Waals surface area contributed by atoms with E-state index < -0.39 is 0 Å². The molecule has 0 aliphatic carbocycles. The van der Waals surface area contributed by atoms with Crippen LogP contribution in [0.2, 0.25) is 0 Å². The lowest BCUT2D eigenvalue weighted by molar-refractivity contribution is 0.604. The minimum Gasteiger partial charge on any atom is -0.261 e. The number of benzene rings is 6. The molecule has 6 nitrogen and oxygen atoms in total. The molecule has 0 fully saturated rings. The highest BCUT2D eigenvalue weighted by Crippen LogP contribution is 2.50. The molecule has 0 unspecified atom stereocenters. The van der Waals surface area contributed by atoms with Crippen LogP contribution in [0.1, 0.15) is 41.7 Å². The summed E-state index contributed by atoms with van der Waals surface area (Å²) in [5.41, 5.74) is 7.96. The Labute approximate surface area is 314 Å². The summed E-state index contributed by atoms with van der Waals surface area (Å²) in [6.45, 7) is 8.90. The highest BCUT2D eigenvalue weighted by Gasteiger charge is 2.33. The van der Waals surface area contributed by atoms with E-state index in [1.807, 2.05) is 127 Å². The molecule has 0 atom stereocenters. The maximum Gasteiger partial charge on any atom is 0.164 e. The Morgan fingerprint density at radius 3 is 1.75 bits per heavy atom. The van der Waals surface area contributed by atoms with E-state index in [1.54, 1.807) is 0 Å². The Balaban J connectivity index is 1.24. The molecule has 53 heavy (non-hydrogen) atoms. The molecule has 1 aliphatic heterocycles. The van der Waals surface area contributed by atoms with Gasteiger partial charge in [-0.3, -0.25) is 4.99 Å². The maximum absolute atomic E-state index is 5.23. The second kappa shape index (κ2) is 14.7. The van der Waals surface area contributed by atoms with Crippen molar-refractivity contribution in [3.63, 3.8) is 0 Å². The summed E-state index contributed by atoms with van der Waals surface area (Å²) < 4.78 is 0. The van der Waals surface area contributed by atoms with E-state index >= 15 is 0 Å². The zero-order chi connectivity index (χ0) is 36.2. The van der Waals surface area contributed by atoms with Crippen molar-refractivity contribution in [1.29, 1.82) is 0 Å². The average molecular weight is 705 g/mol. The second-order valence-electron chi connectivity index (χ2n) is 13.2. The van der Waals surface area contributed by atoms with Gasteiger partial charge < -0.3 is 0 Å². The Kier molecular flexibility index (Phi) is 9.40. The largest absolute Gasteiger partial charge is 0.261 e. The van der Waals surface area contributed by atoms with Crippen LogP contribution in [0.25, 0.3) is 34.2 Å². The molecule has 0 N–H and O–H groups in total. The van der Waals surface area contributed by atoms with Crippen molar-refractivity contribution in [2.75, 3.05) is 0 Å². The number of hydrogen-bond donors (Lipinski definition) is 0. The molecule has 1 aromatic heterocycles. The fraction of sp³-hybridized carbons (Fsp3) is 0.0870. The zero-order valence-electron chi connectivity index (χ0n) is 29.5. The summed E-state index contributed by atoms with van der Waals surface area (Å²) >= 11 is 1.82. The summed E-state index contributed by atoms with van der Waals surface area (Å²) in [5, 5.41) is 0. The van der Waals surface area contributed by atoms with Crippen molar-refractivity contribution in [3.8, 4) is 34.2 Å². The van der Waals surface area contributed by atoms with E-state index in [0.717, 1.165) is 33.4 Å². The van der Waals surface area contributed by atoms with Crippen molar-refractivity contribution in [3.05, 3.63) is 186 Å². The number of rotatable bonds is 7. The van der Waals surface area contributed by atoms with Crippen molar-refractivity contribution in [2.45, 2.75) is 35.6 Å². The van der Waals surface area contributed by atoms with Crippen molar-refractivity contribution in [1.82, 2.24) is 15.0 Å². The van der Waals surface area contributed by atoms with Crippen molar-refractivity contribution >= 4 is 30.2 Å². The first-order valence-corrected chi connectivity index (χ1v) is 18.3. The van der Waals surface area contributed by atoms with Crippen LogP contribution in [0.15, 0.2) is 182 Å². The topological polar surface area (TPSA) is 75.8 Å². The van der Waals surface area contributed by atoms with Crippen molar-refractivity contribution in [2.24, 2.45) is 15.0 Å². The van der Waals surface area contributed by atoms with E-state index in [0.29, 0.717) is 35.7 Å². The van der Waals surface area contributed by atoms with E-state index in [1.165, 1.54) is 20.9 Å². The SMILES string of the molecule is C=N/C(=N\C(=N/Cc1cccc2c1Sc1ccccc1C2(C)C)c1cccc(-c2nc(-c3ccccc3)nc(-c3ccccc3)n2)c1)c1ccccc1. The number of aliphatic imine (C=N–C) groups is 3. The fourth-order valence-electron chi connectivity index (χ4n) is 6.61. The van der Waals surface area contributed by atoms with Gasteiger partial charge in [0.25, 0.3) is 0 Å². The van der Waals surface area contributed by atoms with Crippen LogP contribution in [-0.2, 0) is 12.0 Å². The van der Waals surface area contributed by atoms with Gasteiger partial charge in [-0.25, -0.2) is 24.9 Å². The molecule has 8 rings (SSSR count). The molecule has 0 bridgehead atoms. The van der Waals surface area contributed by atoms with E-state index in [-0.39, 0.29) is 5.41 Å². The van der Waals surface area contributed by atoms with Crippen LogP contribution in [0.3, 0.4) is 0 Å². The number of aromatic nitrogens is 3.